The Kier molecular flexibility index (Phi) is 8.87. The number of ether oxygens (including phenoxy) is 4. The molecule has 7 atom stereocenters. The van der Waals surface area contributed by atoms with Crippen LogP contribution in [-0.2, 0) is 37.4 Å². The Hall–Kier alpha value is -0.580. The van der Waals surface area contributed by atoms with E-state index in [9.17, 15) is 14.3 Å². The fourth-order valence-electron chi connectivity index (χ4n) is 3.72. The first-order valence-electron chi connectivity index (χ1n) is 10.4. The minimum absolute atomic E-state index is 0.0176. The highest BCUT2D eigenvalue weighted by atomic mass is 31.2. The van der Waals surface area contributed by atoms with Crippen LogP contribution in [0.2, 0.25) is 0 Å². The molecule has 2 aliphatic rings. The van der Waals surface area contributed by atoms with E-state index < -0.39 is 37.7 Å². The van der Waals surface area contributed by atoms with Crippen LogP contribution in [0.4, 0.5) is 0 Å². The van der Waals surface area contributed by atoms with Gasteiger partial charge in [-0.3, -0.25) is 4.57 Å². The van der Waals surface area contributed by atoms with Gasteiger partial charge in [0.15, 0.2) is 6.10 Å². The molecule has 10 nitrogen and oxygen atoms in total. The molecule has 2 heterocycles. The molecule has 3 unspecified atom stereocenters. The SMILES string of the molecule is CC(C)OC[C@@]1(CN)O[C@@H](C)CC1OP(=O)([O-])OC(=O)[C@H]1O[C@@H](C)CC1OC(C)C. The van der Waals surface area contributed by atoms with Crippen LogP contribution in [0.5, 0.6) is 0 Å². The van der Waals surface area contributed by atoms with Gasteiger partial charge in [-0.05, 0) is 41.5 Å². The van der Waals surface area contributed by atoms with Gasteiger partial charge in [0.2, 0.25) is 0 Å². The number of phosphoric acid groups is 1. The van der Waals surface area contributed by atoms with Gasteiger partial charge in [-0.25, -0.2) is 4.79 Å². The quantitative estimate of drug-likeness (QED) is 0.482. The number of carbonyl (C=O) groups excluding carboxylic acids is 1. The summed E-state index contributed by atoms with van der Waals surface area (Å²) >= 11 is 0. The summed E-state index contributed by atoms with van der Waals surface area (Å²) in [5, 5.41) is 0. The molecule has 176 valence electrons. The van der Waals surface area contributed by atoms with E-state index >= 15 is 0 Å². The molecule has 0 radical (unpaired) electrons. The van der Waals surface area contributed by atoms with Crippen molar-refractivity contribution >= 4 is 13.8 Å². The van der Waals surface area contributed by atoms with Crippen LogP contribution in [0.3, 0.4) is 0 Å². The normalized spacial score (nSPS) is 36.4. The predicted molar refractivity (Wildman–Crippen MR) is 106 cm³/mol. The van der Waals surface area contributed by atoms with E-state index in [1.54, 1.807) is 13.8 Å². The van der Waals surface area contributed by atoms with Crippen molar-refractivity contribution in [2.45, 2.75) is 103 Å². The van der Waals surface area contributed by atoms with Crippen LogP contribution >= 0.6 is 7.82 Å². The highest BCUT2D eigenvalue weighted by Gasteiger charge is 2.50. The molecular weight excluding hydrogens is 417 g/mol. The van der Waals surface area contributed by atoms with Gasteiger partial charge in [0.25, 0.3) is 0 Å². The van der Waals surface area contributed by atoms with Crippen LogP contribution in [0.15, 0.2) is 0 Å². The summed E-state index contributed by atoms with van der Waals surface area (Å²) in [6.45, 7) is 10.9. The molecule has 0 saturated carbocycles. The second-order valence-corrected chi connectivity index (χ2v) is 9.86. The van der Waals surface area contributed by atoms with Crippen molar-refractivity contribution in [3.05, 3.63) is 0 Å². The lowest BCUT2D eigenvalue weighted by atomic mass is 9.97. The molecule has 0 bridgehead atoms. The molecule has 0 amide bonds. The number of carbonyl (C=O) groups is 1. The zero-order chi connectivity index (χ0) is 22.7. The van der Waals surface area contributed by atoms with Crippen molar-refractivity contribution in [2.75, 3.05) is 13.2 Å². The minimum atomic E-state index is -5.02. The molecule has 0 aromatic heterocycles. The predicted octanol–water partition coefficient (Wildman–Crippen LogP) is 1.29. The molecule has 2 rings (SSSR count). The lowest BCUT2D eigenvalue weighted by Crippen LogP contribution is -2.52. The summed E-state index contributed by atoms with van der Waals surface area (Å²) in [5.41, 5.74) is 4.73. The molecule has 0 aromatic rings. The van der Waals surface area contributed by atoms with Gasteiger partial charge < -0.3 is 38.6 Å². The number of rotatable bonds is 10. The fourth-order valence-corrected chi connectivity index (χ4v) is 4.68. The Morgan fingerprint density at radius 1 is 1.20 bits per heavy atom. The number of phosphoric ester groups is 1. The largest absolute Gasteiger partial charge is 0.746 e. The second kappa shape index (κ2) is 10.4. The van der Waals surface area contributed by atoms with Crippen molar-refractivity contribution in [3.63, 3.8) is 0 Å². The van der Waals surface area contributed by atoms with E-state index in [1.807, 2.05) is 27.7 Å². The highest BCUT2D eigenvalue weighted by Crippen LogP contribution is 2.47. The number of hydrogen-bond acceptors (Lipinski definition) is 10. The Morgan fingerprint density at radius 3 is 2.43 bits per heavy atom. The Bertz CT molecular complexity index is 631. The van der Waals surface area contributed by atoms with Crippen molar-refractivity contribution < 1.29 is 42.2 Å². The second-order valence-electron chi connectivity index (χ2n) is 8.57. The van der Waals surface area contributed by atoms with Gasteiger partial charge in [0, 0.05) is 19.4 Å². The maximum absolute atomic E-state index is 12.5. The van der Waals surface area contributed by atoms with Crippen LogP contribution in [0, 0.1) is 0 Å². The molecule has 0 aromatic carbocycles. The molecule has 30 heavy (non-hydrogen) atoms. The fraction of sp³-hybridized carbons (Fsp3) is 0.947. The molecule has 2 aliphatic heterocycles. The molecular formula is C19H35NO9P-. The molecule has 2 N–H and O–H groups in total. The van der Waals surface area contributed by atoms with Crippen LogP contribution in [0.25, 0.3) is 0 Å². The minimum Gasteiger partial charge on any atom is -0.746 e. The molecule has 0 spiro atoms. The van der Waals surface area contributed by atoms with E-state index in [0.29, 0.717) is 6.42 Å². The van der Waals surface area contributed by atoms with E-state index in [-0.39, 0.29) is 44.0 Å². The lowest BCUT2D eigenvalue weighted by Gasteiger charge is -2.36. The van der Waals surface area contributed by atoms with E-state index in [4.69, 9.17) is 33.7 Å². The van der Waals surface area contributed by atoms with Crippen LogP contribution in [-0.4, -0.2) is 67.4 Å². The van der Waals surface area contributed by atoms with Crippen LogP contribution < -0.4 is 10.6 Å². The zero-order valence-corrected chi connectivity index (χ0v) is 19.5. The third kappa shape index (κ3) is 6.71. The zero-order valence-electron chi connectivity index (χ0n) is 18.6. The molecule has 2 fully saturated rings. The van der Waals surface area contributed by atoms with E-state index in [2.05, 4.69) is 0 Å². The van der Waals surface area contributed by atoms with Gasteiger partial charge >= 0.3 is 13.8 Å². The topological polar surface area (TPSA) is 139 Å². The highest BCUT2D eigenvalue weighted by molar-refractivity contribution is 7.46. The molecule has 0 aliphatic carbocycles. The van der Waals surface area contributed by atoms with Crippen LogP contribution in [0.1, 0.15) is 54.4 Å². The average molecular weight is 452 g/mol. The van der Waals surface area contributed by atoms with Gasteiger partial charge in [-0.1, -0.05) is 0 Å². The van der Waals surface area contributed by atoms with E-state index in [1.165, 1.54) is 0 Å². The summed E-state index contributed by atoms with van der Waals surface area (Å²) in [5.74, 6) is -1.06. The first kappa shape index (κ1) is 25.7. The third-order valence-corrected chi connectivity index (χ3v) is 5.91. The van der Waals surface area contributed by atoms with Gasteiger partial charge in [0.05, 0.1) is 37.1 Å². The summed E-state index contributed by atoms with van der Waals surface area (Å²) in [6, 6.07) is 0. The monoisotopic (exact) mass is 452 g/mol. The maximum atomic E-state index is 12.5. The van der Waals surface area contributed by atoms with Gasteiger partial charge in [-0.15, -0.1) is 0 Å². The Labute approximate surface area is 178 Å². The van der Waals surface area contributed by atoms with Gasteiger partial charge in [0.1, 0.15) is 11.7 Å². The summed E-state index contributed by atoms with van der Waals surface area (Å²) in [7, 11) is -5.02. The summed E-state index contributed by atoms with van der Waals surface area (Å²) in [4.78, 5) is 25.1. The summed E-state index contributed by atoms with van der Waals surface area (Å²) in [6.07, 6.45) is -2.79. The number of nitrogens with two attached hydrogens (primary N) is 1. The third-order valence-electron chi connectivity index (χ3n) is 4.99. The van der Waals surface area contributed by atoms with Crippen molar-refractivity contribution in [1.82, 2.24) is 0 Å². The van der Waals surface area contributed by atoms with Crippen molar-refractivity contribution in [2.24, 2.45) is 5.73 Å². The average Bonchev–Trinajstić information content (AvgIpc) is 3.11. The smallest absolute Gasteiger partial charge is 0.343 e. The molecule has 11 heteroatoms. The van der Waals surface area contributed by atoms with Gasteiger partial charge in [-0.2, -0.15) is 0 Å². The first-order valence-corrected chi connectivity index (χ1v) is 11.9. The summed E-state index contributed by atoms with van der Waals surface area (Å²) < 4.78 is 45.2. The van der Waals surface area contributed by atoms with E-state index in [0.717, 1.165) is 0 Å². The number of hydrogen-bond donors (Lipinski definition) is 1. The molecule has 2 saturated heterocycles. The van der Waals surface area contributed by atoms with Crippen molar-refractivity contribution in [3.8, 4) is 0 Å². The Morgan fingerprint density at radius 2 is 1.87 bits per heavy atom. The standard InChI is InChI=1S/C19H36NO9P/c1-11(2)24-10-19(9-20)16(8-14(6)27-19)28-30(22,23)29-18(21)17-15(25-12(3)4)7-13(5)26-17/h11-17H,7-10,20H2,1-6H3,(H,22,23)/p-1/t13-,14-,15?,16?,17-,19+/m0/s1. The van der Waals surface area contributed by atoms with Crippen molar-refractivity contribution in [1.29, 1.82) is 0 Å². The Balaban J connectivity index is 2.07. The maximum Gasteiger partial charge on any atom is 0.343 e. The lowest BCUT2D eigenvalue weighted by molar-refractivity contribution is -0.236. The first-order chi connectivity index (χ1) is 13.9.